The van der Waals surface area contributed by atoms with Gasteiger partial charge in [-0.1, -0.05) is 6.07 Å². The summed E-state index contributed by atoms with van der Waals surface area (Å²) in [5.41, 5.74) is 4.73. The third-order valence-corrected chi connectivity index (χ3v) is 5.16. The van der Waals surface area contributed by atoms with Gasteiger partial charge in [-0.3, -0.25) is 19.3 Å². The van der Waals surface area contributed by atoms with E-state index in [1.807, 2.05) is 26.8 Å². The summed E-state index contributed by atoms with van der Waals surface area (Å²) in [7, 11) is 1.40. The molecule has 144 valence electrons. The minimum absolute atomic E-state index is 0.0148. The summed E-state index contributed by atoms with van der Waals surface area (Å²) >= 11 is 0. The average molecular weight is 379 g/mol. The summed E-state index contributed by atoms with van der Waals surface area (Å²) in [6, 6.07) is 6.23. The maximum Gasteiger partial charge on any atom is 0.338 e. The highest BCUT2D eigenvalue weighted by Crippen LogP contribution is 2.25. The Balaban J connectivity index is 1.85. The van der Waals surface area contributed by atoms with E-state index in [1.165, 1.54) is 32.2 Å². The summed E-state index contributed by atoms with van der Waals surface area (Å²) < 4.78 is 5.44. The van der Waals surface area contributed by atoms with Gasteiger partial charge in [0.1, 0.15) is 6.61 Å². The van der Waals surface area contributed by atoms with Crippen LogP contribution in [0.3, 0.4) is 0 Å². The van der Waals surface area contributed by atoms with E-state index < -0.39 is 11.9 Å². The van der Waals surface area contributed by atoms with Crippen LogP contribution in [0.2, 0.25) is 0 Å². The molecule has 6 nitrogen and oxygen atoms in total. The molecule has 1 aliphatic heterocycles. The van der Waals surface area contributed by atoms with E-state index in [0.29, 0.717) is 5.56 Å². The molecule has 0 fully saturated rings. The van der Waals surface area contributed by atoms with Crippen LogP contribution in [0.1, 0.15) is 70.6 Å². The fraction of sp³-hybridized carbons (Fsp3) is 0.273. The lowest BCUT2D eigenvalue weighted by atomic mass is 9.92. The Hall–Kier alpha value is -3.28. The van der Waals surface area contributed by atoms with E-state index in [4.69, 9.17) is 4.74 Å². The zero-order valence-corrected chi connectivity index (χ0v) is 16.5. The van der Waals surface area contributed by atoms with Gasteiger partial charge in [-0.25, -0.2) is 4.79 Å². The fourth-order valence-electron chi connectivity index (χ4n) is 3.70. The van der Waals surface area contributed by atoms with Crippen LogP contribution in [0.15, 0.2) is 24.3 Å². The second-order valence-corrected chi connectivity index (χ2v) is 7.05. The lowest BCUT2D eigenvalue weighted by Gasteiger charge is -2.16. The largest absolute Gasteiger partial charge is 0.457 e. The van der Waals surface area contributed by atoms with E-state index in [0.717, 1.165) is 27.2 Å². The molecule has 0 spiro atoms. The van der Waals surface area contributed by atoms with E-state index >= 15 is 0 Å². The number of amides is 2. The fourth-order valence-corrected chi connectivity index (χ4v) is 3.70. The molecule has 0 N–H and O–H groups in total. The van der Waals surface area contributed by atoms with E-state index in [9.17, 15) is 19.2 Å². The van der Waals surface area contributed by atoms with Crippen LogP contribution in [-0.4, -0.2) is 35.5 Å². The van der Waals surface area contributed by atoms with Gasteiger partial charge in [-0.15, -0.1) is 0 Å². The van der Waals surface area contributed by atoms with Gasteiger partial charge < -0.3 is 4.74 Å². The van der Waals surface area contributed by atoms with Gasteiger partial charge in [0.05, 0.1) is 16.7 Å². The number of carbonyl (C=O) groups excluding carboxylic acids is 4. The minimum atomic E-state index is -0.596. The standard InChI is InChI=1S/C22H21NO5/c1-11-8-12(2)19(14(4)24)13(3)18(11)10-28-22(27)15-6-7-16-17(9-15)21(26)23(5)20(16)25/h6-9H,10H2,1-5H3. The zero-order chi connectivity index (χ0) is 20.7. The van der Waals surface area contributed by atoms with Gasteiger partial charge in [0, 0.05) is 12.6 Å². The number of Topliss-reactive ketones (excluding diaryl/α,β-unsaturated/α-hetero) is 1. The van der Waals surface area contributed by atoms with Crippen LogP contribution < -0.4 is 0 Å². The van der Waals surface area contributed by atoms with Gasteiger partial charge in [0.15, 0.2) is 5.78 Å². The van der Waals surface area contributed by atoms with Crippen molar-refractivity contribution >= 4 is 23.6 Å². The van der Waals surface area contributed by atoms with Crippen molar-refractivity contribution in [2.24, 2.45) is 0 Å². The summed E-state index contributed by atoms with van der Waals surface area (Å²) in [4.78, 5) is 49.5. The highest BCUT2D eigenvalue weighted by atomic mass is 16.5. The third-order valence-electron chi connectivity index (χ3n) is 5.16. The van der Waals surface area contributed by atoms with Gasteiger partial charge in [-0.2, -0.15) is 0 Å². The number of carbonyl (C=O) groups is 4. The van der Waals surface area contributed by atoms with E-state index in [-0.39, 0.29) is 35.0 Å². The van der Waals surface area contributed by atoms with E-state index in [2.05, 4.69) is 0 Å². The first-order valence-corrected chi connectivity index (χ1v) is 8.87. The quantitative estimate of drug-likeness (QED) is 0.462. The van der Waals surface area contributed by atoms with Crippen molar-refractivity contribution in [3.63, 3.8) is 0 Å². The smallest absolute Gasteiger partial charge is 0.338 e. The molecule has 3 rings (SSSR count). The molecule has 2 aromatic carbocycles. The SMILES string of the molecule is CC(=O)c1c(C)cc(C)c(COC(=O)c2ccc3c(c2)C(=O)N(C)C3=O)c1C. The second kappa shape index (κ2) is 7.03. The van der Waals surface area contributed by atoms with Crippen LogP contribution in [0.5, 0.6) is 0 Å². The maximum atomic E-state index is 12.5. The Labute approximate surface area is 163 Å². The van der Waals surface area contributed by atoms with Gasteiger partial charge in [-0.05, 0) is 68.1 Å². The molecular weight excluding hydrogens is 358 g/mol. The second-order valence-electron chi connectivity index (χ2n) is 7.05. The molecule has 0 bridgehead atoms. The number of aryl methyl sites for hydroxylation is 2. The first-order valence-electron chi connectivity index (χ1n) is 8.87. The normalized spacial score (nSPS) is 13.0. The molecule has 1 heterocycles. The Kier molecular flexibility index (Phi) is 4.89. The topological polar surface area (TPSA) is 80.8 Å². The predicted octanol–water partition coefficient (Wildman–Crippen LogP) is 3.40. The van der Waals surface area contributed by atoms with Crippen LogP contribution >= 0.6 is 0 Å². The van der Waals surface area contributed by atoms with Crippen LogP contribution in [0, 0.1) is 20.8 Å². The number of ether oxygens (including phenoxy) is 1. The van der Waals surface area contributed by atoms with Crippen molar-refractivity contribution in [2.45, 2.75) is 34.3 Å². The average Bonchev–Trinajstić information content (AvgIpc) is 2.84. The highest BCUT2D eigenvalue weighted by molar-refractivity contribution is 6.21. The van der Waals surface area contributed by atoms with Crippen molar-refractivity contribution in [2.75, 3.05) is 7.05 Å². The first-order chi connectivity index (χ1) is 13.1. The monoisotopic (exact) mass is 379 g/mol. The number of nitrogens with zero attached hydrogens (tertiary/aromatic N) is 1. The third kappa shape index (κ3) is 3.11. The summed E-state index contributed by atoms with van der Waals surface area (Å²) in [6.07, 6.45) is 0. The highest BCUT2D eigenvalue weighted by Gasteiger charge is 2.33. The number of fused-ring (bicyclic) bond motifs is 1. The molecule has 1 aliphatic rings. The summed E-state index contributed by atoms with van der Waals surface area (Å²) in [6.45, 7) is 7.16. The molecule has 2 aromatic rings. The number of benzene rings is 2. The zero-order valence-electron chi connectivity index (χ0n) is 16.5. The van der Waals surface area contributed by atoms with Gasteiger partial charge in [0.2, 0.25) is 0 Å². The van der Waals surface area contributed by atoms with Crippen molar-refractivity contribution in [3.8, 4) is 0 Å². The van der Waals surface area contributed by atoms with Gasteiger partial charge >= 0.3 is 5.97 Å². The predicted molar refractivity (Wildman–Crippen MR) is 103 cm³/mol. The number of hydrogen-bond donors (Lipinski definition) is 0. The van der Waals surface area contributed by atoms with Crippen LogP contribution in [0.4, 0.5) is 0 Å². The molecule has 0 saturated carbocycles. The van der Waals surface area contributed by atoms with Crippen LogP contribution in [-0.2, 0) is 11.3 Å². The van der Waals surface area contributed by atoms with Crippen molar-refractivity contribution in [1.29, 1.82) is 0 Å². The summed E-state index contributed by atoms with van der Waals surface area (Å²) in [5.74, 6) is -1.46. The van der Waals surface area contributed by atoms with Crippen molar-refractivity contribution < 1.29 is 23.9 Å². The lowest BCUT2D eigenvalue weighted by Crippen LogP contribution is -2.24. The minimum Gasteiger partial charge on any atom is -0.457 e. The van der Waals surface area contributed by atoms with Gasteiger partial charge in [0.25, 0.3) is 11.8 Å². The number of ketones is 1. The Morgan fingerprint density at radius 2 is 1.61 bits per heavy atom. The van der Waals surface area contributed by atoms with Crippen molar-refractivity contribution in [3.05, 3.63) is 68.8 Å². The summed E-state index contributed by atoms with van der Waals surface area (Å²) in [5, 5.41) is 0. The number of hydrogen-bond acceptors (Lipinski definition) is 5. The molecule has 0 unspecified atom stereocenters. The Morgan fingerprint density at radius 1 is 0.964 bits per heavy atom. The number of imide groups is 1. The van der Waals surface area contributed by atoms with Crippen LogP contribution in [0.25, 0.3) is 0 Å². The molecule has 2 amide bonds. The number of esters is 1. The molecular formula is C22H21NO5. The molecule has 28 heavy (non-hydrogen) atoms. The lowest BCUT2D eigenvalue weighted by molar-refractivity contribution is 0.0471. The molecule has 0 aliphatic carbocycles. The maximum absolute atomic E-state index is 12.5. The molecule has 0 radical (unpaired) electrons. The van der Waals surface area contributed by atoms with Crippen molar-refractivity contribution in [1.82, 2.24) is 4.90 Å². The molecule has 0 saturated heterocycles. The Bertz CT molecular complexity index is 1050. The Morgan fingerprint density at radius 3 is 2.25 bits per heavy atom. The number of rotatable bonds is 4. The molecule has 0 aromatic heterocycles. The van der Waals surface area contributed by atoms with E-state index in [1.54, 1.807) is 0 Å². The first kappa shape index (κ1) is 19.5. The molecule has 6 heteroatoms. The molecule has 0 atom stereocenters.